The Labute approximate surface area is 118 Å². The van der Waals surface area contributed by atoms with Crippen molar-refractivity contribution in [3.05, 3.63) is 29.8 Å². The maximum absolute atomic E-state index is 12.1. The molecule has 1 aromatic rings. The molecule has 2 atom stereocenters. The van der Waals surface area contributed by atoms with Gasteiger partial charge in [0.15, 0.2) is 0 Å². The lowest BCUT2D eigenvalue weighted by molar-refractivity contribution is -0.120. The van der Waals surface area contributed by atoms with E-state index in [4.69, 9.17) is 4.74 Å². The van der Waals surface area contributed by atoms with Crippen LogP contribution in [0.4, 0.5) is 5.69 Å². The highest BCUT2D eigenvalue weighted by Gasteiger charge is 2.47. The highest BCUT2D eigenvalue weighted by molar-refractivity contribution is 5.94. The summed E-state index contributed by atoms with van der Waals surface area (Å²) in [6, 6.07) is 6.86. The molecule has 3 rings (SSSR count). The Balaban J connectivity index is 1.57. The minimum absolute atomic E-state index is 0.112. The van der Waals surface area contributed by atoms with Crippen LogP contribution in [0.1, 0.15) is 36.5 Å². The molecule has 0 aliphatic heterocycles. The van der Waals surface area contributed by atoms with Crippen LogP contribution in [0.25, 0.3) is 0 Å². The van der Waals surface area contributed by atoms with Gasteiger partial charge in [0.25, 0.3) is 0 Å². The van der Waals surface area contributed by atoms with Gasteiger partial charge in [-0.05, 0) is 62.3 Å². The van der Waals surface area contributed by atoms with Gasteiger partial charge in [0.05, 0.1) is 12.2 Å². The fourth-order valence-electron chi connectivity index (χ4n) is 3.08. The Kier molecular flexibility index (Phi) is 3.47. The number of amides is 1. The summed E-state index contributed by atoms with van der Waals surface area (Å²) in [4.78, 5) is 23.6. The van der Waals surface area contributed by atoms with Crippen LogP contribution in [0.15, 0.2) is 24.3 Å². The van der Waals surface area contributed by atoms with Crippen molar-refractivity contribution in [2.75, 3.05) is 11.9 Å². The van der Waals surface area contributed by atoms with Crippen molar-refractivity contribution < 1.29 is 14.3 Å². The van der Waals surface area contributed by atoms with E-state index in [1.165, 1.54) is 6.42 Å². The Hall–Kier alpha value is -1.84. The largest absolute Gasteiger partial charge is 0.462 e. The van der Waals surface area contributed by atoms with E-state index in [0.717, 1.165) is 30.4 Å². The van der Waals surface area contributed by atoms with Gasteiger partial charge in [-0.2, -0.15) is 0 Å². The number of carbonyl (C=O) groups is 2. The van der Waals surface area contributed by atoms with E-state index in [9.17, 15) is 9.59 Å². The van der Waals surface area contributed by atoms with Crippen LogP contribution in [0.3, 0.4) is 0 Å². The molecule has 106 valence electrons. The summed E-state index contributed by atoms with van der Waals surface area (Å²) in [7, 11) is 0. The lowest BCUT2D eigenvalue weighted by atomic mass is 10.0. The summed E-state index contributed by atoms with van der Waals surface area (Å²) >= 11 is 0. The van der Waals surface area contributed by atoms with Crippen molar-refractivity contribution in [3.8, 4) is 0 Å². The second-order valence-corrected chi connectivity index (χ2v) is 5.71. The summed E-state index contributed by atoms with van der Waals surface area (Å²) in [6.45, 7) is 2.14. The third kappa shape index (κ3) is 2.69. The summed E-state index contributed by atoms with van der Waals surface area (Å²) in [5, 5.41) is 2.93. The highest BCUT2D eigenvalue weighted by Crippen LogP contribution is 2.54. The third-order valence-corrected chi connectivity index (χ3v) is 4.28. The third-order valence-electron chi connectivity index (χ3n) is 4.28. The van der Waals surface area contributed by atoms with Gasteiger partial charge < -0.3 is 10.1 Å². The Bertz CT molecular complexity index is 513. The second kappa shape index (κ2) is 5.27. The topological polar surface area (TPSA) is 55.4 Å². The maximum Gasteiger partial charge on any atom is 0.338 e. The average Bonchev–Trinajstić information content (AvgIpc) is 3.06. The van der Waals surface area contributed by atoms with Crippen LogP contribution in [-0.2, 0) is 9.53 Å². The number of anilines is 1. The molecule has 2 saturated carbocycles. The molecule has 0 spiro atoms. The van der Waals surface area contributed by atoms with Gasteiger partial charge in [-0.3, -0.25) is 4.79 Å². The minimum atomic E-state index is -0.332. The number of rotatable bonds is 4. The molecule has 0 heterocycles. The molecule has 2 unspecified atom stereocenters. The van der Waals surface area contributed by atoms with Crippen molar-refractivity contribution in [1.82, 2.24) is 0 Å². The standard InChI is InChI=1S/C16H19NO3/c1-2-20-16(19)10-3-5-14(6-4-10)17-15(18)13-8-11-7-12(11)9-13/h3-6,11-13H,2,7-9H2,1H3,(H,17,18). The van der Waals surface area contributed by atoms with Crippen molar-refractivity contribution in [2.45, 2.75) is 26.2 Å². The highest BCUT2D eigenvalue weighted by atomic mass is 16.5. The van der Waals surface area contributed by atoms with Crippen LogP contribution in [0.5, 0.6) is 0 Å². The first-order chi connectivity index (χ1) is 9.67. The number of ether oxygens (including phenoxy) is 1. The molecule has 4 nitrogen and oxygen atoms in total. The number of nitrogens with one attached hydrogen (secondary N) is 1. The average molecular weight is 273 g/mol. The molecule has 0 saturated heterocycles. The van der Waals surface area contributed by atoms with Gasteiger partial charge in [0.2, 0.25) is 5.91 Å². The predicted molar refractivity (Wildman–Crippen MR) is 75.3 cm³/mol. The van der Waals surface area contributed by atoms with E-state index in [-0.39, 0.29) is 17.8 Å². The molecule has 2 aliphatic rings. The van der Waals surface area contributed by atoms with Gasteiger partial charge in [-0.15, -0.1) is 0 Å². The van der Waals surface area contributed by atoms with Crippen LogP contribution >= 0.6 is 0 Å². The number of hydrogen-bond donors (Lipinski definition) is 1. The molecule has 20 heavy (non-hydrogen) atoms. The monoisotopic (exact) mass is 273 g/mol. The summed E-state index contributed by atoms with van der Waals surface area (Å²) < 4.78 is 4.92. The first-order valence-electron chi connectivity index (χ1n) is 7.25. The Morgan fingerprint density at radius 3 is 2.40 bits per heavy atom. The molecular formula is C16H19NO3. The van der Waals surface area contributed by atoms with Crippen molar-refractivity contribution in [2.24, 2.45) is 17.8 Å². The first kappa shape index (κ1) is 13.2. The summed E-state index contributed by atoms with van der Waals surface area (Å²) in [6.07, 6.45) is 3.40. The van der Waals surface area contributed by atoms with Crippen LogP contribution < -0.4 is 5.32 Å². The second-order valence-electron chi connectivity index (χ2n) is 5.71. The molecule has 4 heteroatoms. The van der Waals surface area contributed by atoms with E-state index < -0.39 is 0 Å². The number of esters is 1. The van der Waals surface area contributed by atoms with E-state index >= 15 is 0 Å². The van der Waals surface area contributed by atoms with Crippen molar-refractivity contribution in [3.63, 3.8) is 0 Å². The van der Waals surface area contributed by atoms with Crippen LogP contribution in [0.2, 0.25) is 0 Å². The summed E-state index contributed by atoms with van der Waals surface area (Å²) in [5.41, 5.74) is 1.25. The molecule has 1 amide bonds. The number of fused-ring (bicyclic) bond motifs is 1. The zero-order chi connectivity index (χ0) is 14.1. The van der Waals surface area contributed by atoms with E-state index in [0.29, 0.717) is 12.2 Å². The van der Waals surface area contributed by atoms with Gasteiger partial charge in [-0.1, -0.05) is 0 Å². The number of benzene rings is 1. The molecule has 1 aromatic carbocycles. The van der Waals surface area contributed by atoms with E-state index in [1.807, 2.05) is 0 Å². The molecule has 0 radical (unpaired) electrons. The summed E-state index contributed by atoms with van der Waals surface area (Å²) in [5.74, 6) is 1.56. The SMILES string of the molecule is CCOC(=O)c1ccc(NC(=O)C2CC3CC3C2)cc1. The Morgan fingerprint density at radius 2 is 1.80 bits per heavy atom. The van der Waals surface area contributed by atoms with Crippen molar-refractivity contribution in [1.29, 1.82) is 0 Å². The fourth-order valence-corrected chi connectivity index (χ4v) is 3.08. The zero-order valence-corrected chi connectivity index (χ0v) is 11.6. The quantitative estimate of drug-likeness (QED) is 0.858. The lowest BCUT2D eigenvalue weighted by Crippen LogP contribution is -2.21. The maximum atomic E-state index is 12.1. The number of hydrogen-bond acceptors (Lipinski definition) is 3. The van der Waals surface area contributed by atoms with Gasteiger partial charge in [0, 0.05) is 11.6 Å². The molecule has 2 fully saturated rings. The molecular weight excluding hydrogens is 254 g/mol. The Morgan fingerprint density at radius 1 is 1.15 bits per heavy atom. The van der Waals surface area contributed by atoms with Gasteiger partial charge in [-0.25, -0.2) is 4.79 Å². The van der Waals surface area contributed by atoms with Crippen LogP contribution in [0, 0.1) is 17.8 Å². The minimum Gasteiger partial charge on any atom is -0.462 e. The smallest absolute Gasteiger partial charge is 0.338 e. The normalized spacial score (nSPS) is 26.8. The number of carbonyl (C=O) groups excluding carboxylic acids is 2. The van der Waals surface area contributed by atoms with Gasteiger partial charge >= 0.3 is 5.97 Å². The predicted octanol–water partition coefficient (Wildman–Crippen LogP) is 2.85. The molecule has 2 aliphatic carbocycles. The van der Waals surface area contributed by atoms with Gasteiger partial charge in [0.1, 0.15) is 0 Å². The molecule has 0 bridgehead atoms. The van der Waals surface area contributed by atoms with Crippen molar-refractivity contribution >= 4 is 17.6 Å². The lowest BCUT2D eigenvalue weighted by Gasteiger charge is -2.12. The van der Waals surface area contributed by atoms with Crippen LogP contribution in [-0.4, -0.2) is 18.5 Å². The first-order valence-corrected chi connectivity index (χ1v) is 7.25. The fraction of sp³-hybridized carbons (Fsp3) is 0.500. The van der Waals surface area contributed by atoms with E-state index in [2.05, 4.69) is 5.32 Å². The zero-order valence-electron chi connectivity index (χ0n) is 11.6. The molecule has 0 aromatic heterocycles. The molecule has 1 N–H and O–H groups in total. The van der Waals surface area contributed by atoms with E-state index in [1.54, 1.807) is 31.2 Å².